The van der Waals surface area contributed by atoms with Crippen LogP contribution in [0.25, 0.3) is 28.1 Å². The summed E-state index contributed by atoms with van der Waals surface area (Å²) in [6, 6.07) is 25.1. The lowest BCUT2D eigenvalue weighted by Crippen LogP contribution is -2.20. The van der Waals surface area contributed by atoms with Crippen LogP contribution < -0.4 is 5.56 Å². The maximum absolute atomic E-state index is 13.2. The van der Waals surface area contributed by atoms with E-state index < -0.39 is 0 Å². The maximum atomic E-state index is 13.2. The summed E-state index contributed by atoms with van der Waals surface area (Å²) >= 11 is 3.45. The minimum absolute atomic E-state index is 0.0572. The zero-order chi connectivity index (χ0) is 17.9. The third kappa shape index (κ3) is 3.24. The van der Waals surface area contributed by atoms with E-state index in [-0.39, 0.29) is 5.56 Å². The van der Waals surface area contributed by atoms with Gasteiger partial charge in [-0.2, -0.15) is 0 Å². The van der Waals surface area contributed by atoms with Gasteiger partial charge in [0.2, 0.25) is 0 Å². The molecule has 0 fully saturated rings. The number of hydrogen-bond donors (Lipinski definition) is 0. The second kappa shape index (κ2) is 7.10. The molecule has 0 saturated carbocycles. The first-order valence-electron chi connectivity index (χ1n) is 8.22. The molecular weight excluding hydrogens is 388 g/mol. The zero-order valence-electron chi connectivity index (χ0n) is 13.8. The fourth-order valence-electron chi connectivity index (χ4n) is 2.87. The molecule has 3 nitrogen and oxygen atoms in total. The first-order chi connectivity index (χ1) is 12.7. The number of nitrogens with zero attached hydrogens (tertiary/aromatic N) is 2. The molecule has 4 heteroatoms. The van der Waals surface area contributed by atoms with Gasteiger partial charge >= 0.3 is 0 Å². The van der Waals surface area contributed by atoms with Crippen molar-refractivity contribution >= 4 is 15.9 Å². The molecule has 0 aliphatic heterocycles. The fraction of sp³-hybridized carbons (Fsp3) is 0. The van der Waals surface area contributed by atoms with Gasteiger partial charge < -0.3 is 0 Å². The number of para-hydroxylation sites is 1. The van der Waals surface area contributed by atoms with Gasteiger partial charge in [-0.25, -0.2) is 0 Å². The minimum Gasteiger partial charge on any atom is -0.283 e. The largest absolute Gasteiger partial charge is 0.283 e. The highest BCUT2D eigenvalue weighted by atomic mass is 79.9. The first kappa shape index (κ1) is 16.5. The molecule has 26 heavy (non-hydrogen) atoms. The topological polar surface area (TPSA) is 34.9 Å². The Balaban J connectivity index is 1.99. The van der Waals surface area contributed by atoms with Gasteiger partial charge in [-0.3, -0.25) is 14.3 Å². The number of halogens is 1. The van der Waals surface area contributed by atoms with Crippen LogP contribution in [0.1, 0.15) is 0 Å². The van der Waals surface area contributed by atoms with Crippen molar-refractivity contribution in [1.29, 1.82) is 0 Å². The summed E-state index contributed by atoms with van der Waals surface area (Å²) in [5.74, 6) is 0. The molecule has 0 N–H and O–H groups in total. The van der Waals surface area contributed by atoms with Gasteiger partial charge in [-0.1, -0.05) is 52.3 Å². The summed E-state index contributed by atoms with van der Waals surface area (Å²) < 4.78 is 2.66. The number of pyridine rings is 2. The maximum Gasteiger partial charge on any atom is 0.262 e. The molecule has 0 saturated heterocycles. The van der Waals surface area contributed by atoms with Crippen LogP contribution in [-0.4, -0.2) is 9.55 Å². The van der Waals surface area contributed by atoms with E-state index in [2.05, 4.69) is 20.9 Å². The van der Waals surface area contributed by atoms with Gasteiger partial charge in [0.25, 0.3) is 5.56 Å². The molecule has 0 aliphatic carbocycles. The molecule has 0 spiro atoms. The van der Waals surface area contributed by atoms with Crippen LogP contribution in [0.15, 0.2) is 101 Å². The lowest BCUT2D eigenvalue weighted by atomic mass is 10.0. The molecule has 0 bridgehead atoms. The third-order valence-electron chi connectivity index (χ3n) is 4.17. The molecule has 0 unspecified atom stereocenters. The molecule has 0 radical (unpaired) electrons. The second-order valence-corrected chi connectivity index (χ2v) is 6.79. The molecular formula is C22H15BrN2O. The Morgan fingerprint density at radius 2 is 1.54 bits per heavy atom. The van der Waals surface area contributed by atoms with E-state index in [1.807, 2.05) is 85.1 Å². The van der Waals surface area contributed by atoms with E-state index in [4.69, 9.17) is 0 Å². The van der Waals surface area contributed by atoms with E-state index in [1.54, 1.807) is 10.8 Å². The van der Waals surface area contributed by atoms with Crippen molar-refractivity contribution in [1.82, 2.24) is 9.55 Å². The highest BCUT2D eigenvalue weighted by Gasteiger charge is 2.12. The molecule has 2 aromatic carbocycles. The molecule has 126 valence electrons. The second-order valence-electron chi connectivity index (χ2n) is 5.88. The predicted octanol–water partition coefficient (Wildman–Crippen LogP) is 5.33. The Labute approximate surface area is 159 Å². The highest BCUT2D eigenvalue weighted by molar-refractivity contribution is 9.10. The molecule has 0 amide bonds. The predicted molar refractivity (Wildman–Crippen MR) is 108 cm³/mol. The number of aromatic nitrogens is 2. The summed E-state index contributed by atoms with van der Waals surface area (Å²) in [7, 11) is 0. The fourth-order valence-corrected chi connectivity index (χ4v) is 3.14. The molecule has 4 rings (SSSR count). The van der Waals surface area contributed by atoms with Crippen molar-refractivity contribution in [2.45, 2.75) is 0 Å². The van der Waals surface area contributed by atoms with Crippen molar-refractivity contribution in [2.75, 3.05) is 0 Å². The summed E-state index contributed by atoms with van der Waals surface area (Å²) in [6.45, 7) is 0. The first-order valence-corrected chi connectivity index (χ1v) is 9.01. The average molecular weight is 403 g/mol. The number of benzene rings is 2. The van der Waals surface area contributed by atoms with E-state index in [0.717, 1.165) is 27.0 Å². The lowest BCUT2D eigenvalue weighted by molar-refractivity contribution is 0.993. The Bertz CT molecular complexity index is 1090. The van der Waals surface area contributed by atoms with Crippen molar-refractivity contribution in [3.05, 3.63) is 106 Å². The van der Waals surface area contributed by atoms with Crippen LogP contribution in [-0.2, 0) is 0 Å². The average Bonchev–Trinajstić information content (AvgIpc) is 2.70. The zero-order valence-corrected chi connectivity index (χ0v) is 15.4. The highest BCUT2D eigenvalue weighted by Crippen LogP contribution is 2.25. The summed E-state index contributed by atoms with van der Waals surface area (Å²) in [5.41, 5.74) is 4.01. The third-order valence-corrected chi connectivity index (χ3v) is 4.70. The summed E-state index contributed by atoms with van der Waals surface area (Å²) in [4.78, 5) is 17.6. The van der Waals surface area contributed by atoms with E-state index in [0.29, 0.717) is 5.56 Å². The van der Waals surface area contributed by atoms with E-state index in [1.165, 1.54) is 0 Å². The number of rotatable bonds is 3. The monoisotopic (exact) mass is 402 g/mol. The molecule has 0 atom stereocenters. The molecule has 0 aliphatic rings. The smallest absolute Gasteiger partial charge is 0.262 e. The minimum atomic E-state index is -0.0572. The van der Waals surface area contributed by atoms with E-state index >= 15 is 0 Å². The van der Waals surface area contributed by atoms with Gasteiger partial charge in [-0.15, -0.1) is 0 Å². The van der Waals surface area contributed by atoms with Gasteiger partial charge in [0.05, 0.1) is 5.69 Å². The van der Waals surface area contributed by atoms with Crippen molar-refractivity contribution < 1.29 is 0 Å². The Hall–Kier alpha value is -2.98. The Morgan fingerprint density at radius 1 is 0.808 bits per heavy atom. The molecule has 2 heterocycles. The van der Waals surface area contributed by atoms with Crippen LogP contribution in [0.4, 0.5) is 0 Å². The van der Waals surface area contributed by atoms with E-state index in [9.17, 15) is 4.79 Å². The summed E-state index contributed by atoms with van der Waals surface area (Å²) in [5, 5.41) is 0. The van der Waals surface area contributed by atoms with Crippen molar-refractivity contribution in [2.24, 2.45) is 0 Å². The standard InChI is InChI=1S/C22H15BrN2O/c23-18-11-9-16(10-12-18)20-14-17(21-8-4-5-13-24-21)15-25(22(20)26)19-6-2-1-3-7-19/h1-15H. The Kier molecular flexibility index (Phi) is 4.50. The quantitative estimate of drug-likeness (QED) is 0.464. The van der Waals surface area contributed by atoms with Crippen molar-refractivity contribution in [3.8, 4) is 28.1 Å². The molecule has 4 aromatic rings. The van der Waals surface area contributed by atoms with Crippen molar-refractivity contribution in [3.63, 3.8) is 0 Å². The lowest BCUT2D eigenvalue weighted by Gasteiger charge is -2.12. The normalized spacial score (nSPS) is 10.7. The van der Waals surface area contributed by atoms with Gasteiger partial charge in [0.1, 0.15) is 0 Å². The van der Waals surface area contributed by atoms with Crippen LogP contribution in [0.3, 0.4) is 0 Å². The van der Waals surface area contributed by atoms with Gasteiger partial charge in [-0.05, 0) is 48.0 Å². The number of hydrogen-bond acceptors (Lipinski definition) is 2. The SMILES string of the molecule is O=c1c(-c2ccc(Br)cc2)cc(-c2ccccn2)cn1-c1ccccc1. The Morgan fingerprint density at radius 3 is 2.23 bits per heavy atom. The van der Waals surface area contributed by atoms with Crippen LogP contribution in [0.5, 0.6) is 0 Å². The van der Waals surface area contributed by atoms with Gasteiger partial charge in [0, 0.05) is 33.7 Å². The molecule has 2 aromatic heterocycles. The van der Waals surface area contributed by atoms with Crippen LogP contribution in [0, 0.1) is 0 Å². The van der Waals surface area contributed by atoms with Crippen LogP contribution >= 0.6 is 15.9 Å². The van der Waals surface area contributed by atoms with Crippen LogP contribution in [0.2, 0.25) is 0 Å². The van der Waals surface area contributed by atoms with Gasteiger partial charge in [0.15, 0.2) is 0 Å². The summed E-state index contributed by atoms with van der Waals surface area (Å²) in [6.07, 6.45) is 3.61.